The van der Waals surface area contributed by atoms with Crippen molar-refractivity contribution in [2.75, 3.05) is 0 Å². The van der Waals surface area contributed by atoms with Crippen LogP contribution in [0.3, 0.4) is 0 Å². The lowest BCUT2D eigenvalue weighted by molar-refractivity contribution is 0.271. The summed E-state index contributed by atoms with van der Waals surface area (Å²) >= 11 is 0. The largest absolute Gasteiger partial charge is 0.266 e. The van der Waals surface area contributed by atoms with Crippen LogP contribution < -0.4 is 0 Å². The zero-order valence-electron chi connectivity index (χ0n) is 9.67. The molecule has 0 aromatic carbocycles. The van der Waals surface area contributed by atoms with Crippen LogP contribution in [0.15, 0.2) is 6.07 Å². The molecule has 1 heterocycles. The Morgan fingerprint density at radius 2 is 2.00 bits per heavy atom. The van der Waals surface area contributed by atoms with Gasteiger partial charge >= 0.3 is 0 Å². The summed E-state index contributed by atoms with van der Waals surface area (Å²) in [6, 6.07) is 2.91. The van der Waals surface area contributed by atoms with Gasteiger partial charge in [-0.25, -0.2) is 0 Å². The Morgan fingerprint density at radius 1 is 1.36 bits per heavy atom. The molecule has 2 nitrogen and oxygen atoms in total. The van der Waals surface area contributed by atoms with Crippen molar-refractivity contribution in [3.05, 3.63) is 17.5 Å². The van der Waals surface area contributed by atoms with Crippen LogP contribution in [-0.4, -0.2) is 9.78 Å². The van der Waals surface area contributed by atoms with Gasteiger partial charge in [0.25, 0.3) is 0 Å². The molecule has 0 saturated heterocycles. The van der Waals surface area contributed by atoms with E-state index in [-0.39, 0.29) is 5.41 Å². The fourth-order valence-electron chi connectivity index (χ4n) is 1.99. The molecule has 1 aliphatic rings. The Hall–Kier alpha value is -0.790. The summed E-state index contributed by atoms with van der Waals surface area (Å²) in [6.45, 7) is 8.88. The first-order valence-corrected chi connectivity index (χ1v) is 5.55. The van der Waals surface area contributed by atoms with Crippen LogP contribution in [0, 0.1) is 6.92 Å². The Bertz CT molecular complexity index is 327. The van der Waals surface area contributed by atoms with Crippen molar-refractivity contribution < 1.29 is 0 Å². The molecule has 1 aliphatic carbocycles. The Labute approximate surface area is 86.3 Å². The lowest BCUT2D eigenvalue weighted by Gasteiger charge is -2.31. The Morgan fingerprint density at radius 3 is 2.43 bits per heavy atom. The quantitative estimate of drug-likeness (QED) is 0.668. The first-order valence-electron chi connectivity index (χ1n) is 5.55. The van der Waals surface area contributed by atoms with Crippen LogP contribution in [0.1, 0.15) is 57.5 Å². The van der Waals surface area contributed by atoms with Gasteiger partial charge in [-0.15, -0.1) is 0 Å². The van der Waals surface area contributed by atoms with Gasteiger partial charge in [-0.3, -0.25) is 4.68 Å². The number of aryl methyl sites for hydroxylation is 1. The molecule has 0 spiro atoms. The number of rotatable bonds is 1. The summed E-state index contributed by atoms with van der Waals surface area (Å²) < 4.78 is 2.26. The molecule has 0 amide bonds. The van der Waals surface area contributed by atoms with E-state index in [1.165, 1.54) is 25.0 Å². The molecule has 0 N–H and O–H groups in total. The monoisotopic (exact) mass is 192 g/mol. The fourth-order valence-corrected chi connectivity index (χ4v) is 1.99. The molecular formula is C12H20N2. The molecule has 14 heavy (non-hydrogen) atoms. The molecule has 0 unspecified atom stereocenters. The molecule has 2 rings (SSSR count). The molecular weight excluding hydrogens is 172 g/mol. The molecule has 1 saturated carbocycles. The molecule has 1 aromatic heterocycles. The first kappa shape index (κ1) is 9.75. The summed E-state index contributed by atoms with van der Waals surface area (Å²) in [5, 5.41) is 4.62. The van der Waals surface area contributed by atoms with Crippen molar-refractivity contribution in [1.82, 2.24) is 9.78 Å². The van der Waals surface area contributed by atoms with Crippen molar-refractivity contribution in [3.63, 3.8) is 0 Å². The SMILES string of the molecule is Cc1cc(C(C)(C)C)n(C2CCC2)n1. The zero-order chi connectivity index (χ0) is 10.3. The zero-order valence-corrected chi connectivity index (χ0v) is 9.67. The summed E-state index contributed by atoms with van der Waals surface area (Å²) in [5.41, 5.74) is 2.76. The maximum absolute atomic E-state index is 4.62. The number of hydrogen-bond donors (Lipinski definition) is 0. The minimum absolute atomic E-state index is 0.219. The number of aromatic nitrogens is 2. The average Bonchev–Trinajstić information content (AvgIpc) is 2.26. The van der Waals surface area contributed by atoms with Crippen LogP contribution >= 0.6 is 0 Å². The Kier molecular flexibility index (Phi) is 2.17. The van der Waals surface area contributed by atoms with E-state index in [0.717, 1.165) is 5.69 Å². The second-order valence-electron chi connectivity index (χ2n) is 5.45. The Balaban J connectivity index is 2.37. The second-order valence-corrected chi connectivity index (χ2v) is 5.45. The highest BCUT2D eigenvalue weighted by Gasteiger charge is 2.27. The van der Waals surface area contributed by atoms with Crippen LogP contribution in [0.25, 0.3) is 0 Å². The van der Waals surface area contributed by atoms with Gasteiger partial charge in [0, 0.05) is 11.1 Å². The average molecular weight is 192 g/mol. The molecule has 0 radical (unpaired) electrons. The fraction of sp³-hybridized carbons (Fsp3) is 0.750. The van der Waals surface area contributed by atoms with Gasteiger partial charge in [0.1, 0.15) is 0 Å². The third kappa shape index (κ3) is 1.58. The normalized spacial score (nSPS) is 18.3. The van der Waals surface area contributed by atoms with Crippen molar-refractivity contribution >= 4 is 0 Å². The molecule has 1 aromatic rings. The molecule has 2 heteroatoms. The molecule has 0 atom stereocenters. The van der Waals surface area contributed by atoms with Crippen LogP contribution in [-0.2, 0) is 5.41 Å². The standard InChI is InChI=1S/C12H20N2/c1-9-8-11(12(2,3)4)14(13-9)10-6-5-7-10/h8,10H,5-7H2,1-4H3. The highest BCUT2D eigenvalue weighted by atomic mass is 15.3. The van der Waals surface area contributed by atoms with Crippen molar-refractivity contribution in [2.24, 2.45) is 0 Å². The van der Waals surface area contributed by atoms with E-state index in [9.17, 15) is 0 Å². The van der Waals surface area contributed by atoms with E-state index in [4.69, 9.17) is 0 Å². The smallest absolute Gasteiger partial charge is 0.0596 e. The van der Waals surface area contributed by atoms with Gasteiger partial charge < -0.3 is 0 Å². The minimum Gasteiger partial charge on any atom is -0.266 e. The third-order valence-corrected chi connectivity index (χ3v) is 3.05. The maximum Gasteiger partial charge on any atom is 0.0596 e. The van der Waals surface area contributed by atoms with E-state index >= 15 is 0 Å². The van der Waals surface area contributed by atoms with Crippen LogP contribution in [0.2, 0.25) is 0 Å². The third-order valence-electron chi connectivity index (χ3n) is 3.05. The molecule has 0 aliphatic heterocycles. The lowest BCUT2D eigenvalue weighted by Crippen LogP contribution is -2.25. The van der Waals surface area contributed by atoms with Crippen LogP contribution in [0.5, 0.6) is 0 Å². The predicted octanol–water partition coefficient (Wildman–Crippen LogP) is 3.21. The topological polar surface area (TPSA) is 17.8 Å². The number of hydrogen-bond acceptors (Lipinski definition) is 1. The summed E-state index contributed by atoms with van der Waals surface area (Å²) in [7, 11) is 0. The molecule has 0 bridgehead atoms. The summed E-state index contributed by atoms with van der Waals surface area (Å²) in [6.07, 6.45) is 3.99. The maximum atomic E-state index is 4.62. The van der Waals surface area contributed by atoms with E-state index in [0.29, 0.717) is 6.04 Å². The highest BCUT2D eigenvalue weighted by molar-refractivity contribution is 5.18. The van der Waals surface area contributed by atoms with E-state index in [1.54, 1.807) is 0 Å². The van der Waals surface area contributed by atoms with E-state index in [2.05, 4.69) is 43.5 Å². The van der Waals surface area contributed by atoms with Gasteiger partial charge in [-0.2, -0.15) is 5.10 Å². The van der Waals surface area contributed by atoms with Gasteiger partial charge in [0.05, 0.1) is 11.7 Å². The summed E-state index contributed by atoms with van der Waals surface area (Å²) in [4.78, 5) is 0. The van der Waals surface area contributed by atoms with Crippen molar-refractivity contribution in [2.45, 2.75) is 58.4 Å². The van der Waals surface area contributed by atoms with Crippen LogP contribution in [0.4, 0.5) is 0 Å². The molecule has 1 fully saturated rings. The van der Waals surface area contributed by atoms with E-state index in [1.807, 2.05) is 0 Å². The second kappa shape index (κ2) is 3.11. The van der Waals surface area contributed by atoms with Gasteiger partial charge in [0.2, 0.25) is 0 Å². The summed E-state index contributed by atoms with van der Waals surface area (Å²) in [5.74, 6) is 0. The van der Waals surface area contributed by atoms with Gasteiger partial charge in [-0.1, -0.05) is 20.8 Å². The lowest BCUT2D eigenvalue weighted by atomic mass is 9.88. The highest BCUT2D eigenvalue weighted by Crippen LogP contribution is 2.35. The first-order chi connectivity index (χ1) is 6.48. The van der Waals surface area contributed by atoms with Gasteiger partial charge in [-0.05, 0) is 32.3 Å². The molecule has 78 valence electrons. The van der Waals surface area contributed by atoms with Gasteiger partial charge in [0.15, 0.2) is 0 Å². The predicted molar refractivity (Wildman–Crippen MR) is 58.6 cm³/mol. The van der Waals surface area contributed by atoms with Crippen molar-refractivity contribution in [3.8, 4) is 0 Å². The minimum atomic E-state index is 0.219. The van der Waals surface area contributed by atoms with Crippen molar-refractivity contribution in [1.29, 1.82) is 0 Å². The number of nitrogens with zero attached hydrogens (tertiary/aromatic N) is 2. The van der Waals surface area contributed by atoms with E-state index < -0.39 is 0 Å².